The first-order valence-corrected chi connectivity index (χ1v) is 13.0. The fourth-order valence-corrected chi connectivity index (χ4v) is 5.91. The molecule has 0 fully saturated rings. The maximum absolute atomic E-state index is 5.04. The number of benzene rings is 5. The molecule has 0 atom stereocenters. The highest BCUT2D eigenvalue weighted by Gasteiger charge is 2.18. The highest BCUT2D eigenvalue weighted by atomic mass is 32.1. The van der Waals surface area contributed by atoms with Crippen LogP contribution in [0.3, 0.4) is 0 Å². The van der Waals surface area contributed by atoms with Crippen LogP contribution in [0.25, 0.3) is 65.5 Å². The second-order valence-corrected chi connectivity index (χ2v) is 9.96. The predicted octanol–water partition coefficient (Wildman–Crippen LogP) is 8.91. The van der Waals surface area contributed by atoms with Gasteiger partial charge < -0.3 is 0 Å². The molecule has 0 unspecified atom stereocenters. The lowest BCUT2D eigenvalue weighted by molar-refractivity contribution is 1.08. The summed E-state index contributed by atoms with van der Waals surface area (Å²) in [5.74, 6) is 2.02. The first-order valence-electron chi connectivity index (χ1n) is 12.2. The zero-order valence-corrected chi connectivity index (χ0v) is 20.7. The van der Waals surface area contributed by atoms with Crippen molar-refractivity contribution in [1.29, 1.82) is 0 Å². The minimum atomic E-state index is 0.670. The van der Waals surface area contributed by atoms with E-state index in [2.05, 4.69) is 60.7 Å². The number of hydrogen-bond acceptors (Lipinski definition) is 4. The lowest BCUT2D eigenvalue weighted by atomic mass is 9.99. The molecule has 0 spiro atoms. The Hall–Kier alpha value is -4.67. The number of thiophene rings is 1. The molecule has 7 aromatic rings. The van der Waals surface area contributed by atoms with Gasteiger partial charge in [0, 0.05) is 36.9 Å². The van der Waals surface area contributed by atoms with Gasteiger partial charge in [-0.15, -0.1) is 11.3 Å². The van der Waals surface area contributed by atoms with Gasteiger partial charge >= 0.3 is 0 Å². The SMILES string of the molecule is c1ccc(-c2cc(-c3nc(-c4ccccc4)nc(-c4ccccc4)n3)c3sc4ccccc4c3c2)cc1. The van der Waals surface area contributed by atoms with E-state index in [4.69, 9.17) is 15.0 Å². The molecule has 0 aliphatic heterocycles. The van der Waals surface area contributed by atoms with Crippen molar-refractivity contribution in [2.75, 3.05) is 0 Å². The molecule has 174 valence electrons. The average molecular weight is 492 g/mol. The van der Waals surface area contributed by atoms with Crippen molar-refractivity contribution in [1.82, 2.24) is 15.0 Å². The zero-order valence-electron chi connectivity index (χ0n) is 19.9. The fourth-order valence-electron chi connectivity index (χ4n) is 4.72. The van der Waals surface area contributed by atoms with Gasteiger partial charge in [-0.2, -0.15) is 0 Å². The predicted molar refractivity (Wildman–Crippen MR) is 154 cm³/mol. The molecule has 0 saturated carbocycles. The fraction of sp³-hybridized carbons (Fsp3) is 0. The third-order valence-electron chi connectivity index (χ3n) is 6.53. The van der Waals surface area contributed by atoms with Crippen LogP contribution in [0.1, 0.15) is 0 Å². The van der Waals surface area contributed by atoms with E-state index in [9.17, 15) is 0 Å². The maximum atomic E-state index is 5.04. The van der Waals surface area contributed by atoms with Crippen molar-refractivity contribution < 1.29 is 0 Å². The summed E-state index contributed by atoms with van der Waals surface area (Å²) in [6, 6.07) is 43.9. The van der Waals surface area contributed by atoms with Crippen LogP contribution in [0.2, 0.25) is 0 Å². The van der Waals surface area contributed by atoms with E-state index in [1.54, 1.807) is 11.3 Å². The van der Waals surface area contributed by atoms with Gasteiger partial charge in [-0.1, -0.05) is 109 Å². The monoisotopic (exact) mass is 491 g/mol. The van der Waals surface area contributed by atoms with Gasteiger partial charge in [0.25, 0.3) is 0 Å². The zero-order chi connectivity index (χ0) is 24.6. The van der Waals surface area contributed by atoms with Gasteiger partial charge in [0.15, 0.2) is 17.5 Å². The molecule has 5 aromatic carbocycles. The van der Waals surface area contributed by atoms with E-state index in [1.165, 1.54) is 25.7 Å². The van der Waals surface area contributed by atoms with E-state index in [0.717, 1.165) is 22.3 Å². The third-order valence-corrected chi connectivity index (χ3v) is 7.75. The van der Waals surface area contributed by atoms with Gasteiger partial charge in [0.2, 0.25) is 0 Å². The minimum Gasteiger partial charge on any atom is -0.208 e. The first-order chi connectivity index (χ1) is 18.3. The van der Waals surface area contributed by atoms with Crippen LogP contribution in [0.4, 0.5) is 0 Å². The van der Waals surface area contributed by atoms with Gasteiger partial charge in [0.1, 0.15) is 0 Å². The number of nitrogens with zero attached hydrogens (tertiary/aromatic N) is 3. The van der Waals surface area contributed by atoms with Gasteiger partial charge in [-0.25, -0.2) is 15.0 Å². The Balaban J connectivity index is 1.55. The van der Waals surface area contributed by atoms with Crippen molar-refractivity contribution in [2.45, 2.75) is 0 Å². The van der Waals surface area contributed by atoms with Crippen molar-refractivity contribution in [3.8, 4) is 45.3 Å². The molecule has 0 bridgehead atoms. The number of aromatic nitrogens is 3. The summed E-state index contributed by atoms with van der Waals surface area (Å²) < 4.78 is 2.44. The first kappa shape index (κ1) is 21.6. The van der Waals surface area contributed by atoms with Crippen molar-refractivity contribution >= 4 is 31.5 Å². The van der Waals surface area contributed by atoms with Gasteiger partial charge in [0.05, 0.1) is 0 Å². The van der Waals surface area contributed by atoms with Crippen LogP contribution in [0, 0.1) is 0 Å². The summed E-state index contributed by atoms with van der Waals surface area (Å²) in [5.41, 5.74) is 5.27. The lowest BCUT2D eigenvalue weighted by Gasteiger charge is -2.11. The summed E-state index contributed by atoms with van der Waals surface area (Å²) >= 11 is 1.79. The molecule has 0 saturated heterocycles. The van der Waals surface area contributed by atoms with E-state index in [0.29, 0.717) is 17.5 Å². The molecular weight excluding hydrogens is 470 g/mol. The van der Waals surface area contributed by atoms with Crippen LogP contribution in [-0.2, 0) is 0 Å². The second kappa shape index (κ2) is 9.08. The van der Waals surface area contributed by atoms with Crippen molar-refractivity contribution in [3.63, 3.8) is 0 Å². The molecule has 2 heterocycles. The highest BCUT2D eigenvalue weighted by molar-refractivity contribution is 7.26. The largest absolute Gasteiger partial charge is 0.208 e. The Morgan fingerprint density at radius 3 is 1.54 bits per heavy atom. The average Bonchev–Trinajstić information content (AvgIpc) is 3.36. The second-order valence-electron chi connectivity index (χ2n) is 8.90. The number of fused-ring (bicyclic) bond motifs is 3. The molecule has 0 N–H and O–H groups in total. The van der Waals surface area contributed by atoms with Crippen LogP contribution in [0.5, 0.6) is 0 Å². The summed E-state index contributed by atoms with van der Waals surface area (Å²) in [7, 11) is 0. The van der Waals surface area contributed by atoms with E-state index in [1.807, 2.05) is 66.7 Å². The van der Waals surface area contributed by atoms with Crippen molar-refractivity contribution in [2.24, 2.45) is 0 Å². The Morgan fingerprint density at radius 1 is 0.405 bits per heavy atom. The minimum absolute atomic E-state index is 0.670. The van der Waals surface area contributed by atoms with E-state index in [-0.39, 0.29) is 0 Å². The smallest absolute Gasteiger partial charge is 0.165 e. The Bertz CT molecular complexity index is 1800. The van der Waals surface area contributed by atoms with Crippen LogP contribution in [-0.4, -0.2) is 15.0 Å². The standard InChI is InChI=1S/C33H21N3S/c1-4-12-22(13-5-1)25-20-27-26-18-10-11-19-29(26)37-30(27)28(21-25)33-35-31(23-14-6-2-7-15-23)34-32(36-33)24-16-8-3-9-17-24/h1-21H. The molecule has 7 rings (SSSR count). The van der Waals surface area contributed by atoms with Crippen LogP contribution < -0.4 is 0 Å². The Labute approximate surface area is 218 Å². The molecule has 37 heavy (non-hydrogen) atoms. The molecule has 2 aromatic heterocycles. The quantitative estimate of drug-likeness (QED) is 0.247. The molecule has 4 heteroatoms. The summed E-state index contributed by atoms with van der Waals surface area (Å²) in [6.07, 6.45) is 0. The molecule has 0 radical (unpaired) electrons. The van der Waals surface area contributed by atoms with Crippen molar-refractivity contribution in [3.05, 3.63) is 127 Å². The highest BCUT2D eigenvalue weighted by Crippen LogP contribution is 2.42. The Kier molecular flexibility index (Phi) is 5.30. The van der Waals surface area contributed by atoms with Crippen LogP contribution >= 0.6 is 11.3 Å². The summed E-state index contributed by atoms with van der Waals surface area (Å²) in [4.78, 5) is 15.0. The lowest BCUT2D eigenvalue weighted by Crippen LogP contribution is -2.00. The summed E-state index contributed by atoms with van der Waals surface area (Å²) in [5, 5.41) is 2.47. The molecular formula is C33H21N3S. The summed E-state index contributed by atoms with van der Waals surface area (Å²) in [6.45, 7) is 0. The number of rotatable bonds is 4. The maximum Gasteiger partial charge on any atom is 0.165 e. The van der Waals surface area contributed by atoms with E-state index >= 15 is 0 Å². The number of hydrogen-bond donors (Lipinski definition) is 0. The van der Waals surface area contributed by atoms with E-state index < -0.39 is 0 Å². The Morgan fingerprint density at radius 2 is 0.919 bits per heavy atom. The normalized spacial score (nSPS) is 11.2. The third kappa shape index (κ3) is 3.98. The molecule has 0 aliphatic carbocycles. The molecule has 0 amide bonds. The van der Waals surface area contributed by atoms with Gasteiger partial charge in [-0.05, 0) is 29.3 Å². The van der Waals surface area contributed by atoms with Gasteiger partial charge in [-0.3, -0.25) is 0 Å². The molecule has 0 aliphatic rings. The van der Waals surface area contributed by atoms with Crippen LogP contribution in [0.15, 0.2) is 127 Å². The topological polar surface area (TPSA) is 38.7 Å². The molecule has 3 nitrogen and oxygen atoms in total.